The maximum atomic E-state index is 11.2. The molecule has 0 aliphatic carbocycles. The van der Waals surface area contributed by atoms with Crippen LogP contribution in [0, 0.1) is 0 Å². The number of aliphatic hydroxyl groups is 1. The van der Waals surface area contributed by atoms with Gasteiger partial charge in [0.2, 0.25) is 0 Å². The Morgan fingerprint density at radius 3 is 2.00 bits per heavy atom. The van der Waals surface area contributed by atoms with Crippen molar-refractivity contribution in [3.63, 3.8) is 0 Å². The Morgan fingerprint density at radius 1 is 0.870 bits per heavy atom. The smallest absolute Gasteiger partial charge is 0.305 e. The number of unbranched alkanes of at least 4 members (excludes halogenated alkanes) is 5. The third-order valence-electron chi connectivity index (χ3n) is 3.37. The molecule has 0 rings (SSSR count). The van der Waals surface area contributed by atoms with Crippen molar-refractivity contribution in [3.8, 4) is 0 Å². The average molecular weight is 322 g/mol. The van der Waals surface area contributed by atoms with Crippen molar-refractivity contribution >= 4 is 5.97 Å². The van der Waals surface area contributed by atoms with Crippen molar-refractivity contribution < 1.29 is 14.6 Å². The van der Waals surface area contributed by atoms with Gasteiger partial charge in [-0.05, 0) is 44.9 Å². The molecule has 1 N–H and O–H groups in total. The molecule has 0 saturated heterocycles. The molecule has 0 aliphatic rings. The first-order valence-corrected chi connectivity index (χ1v) is 9.02. The lowest BCUT2D eigenvalue weighted by Gasteiger charge is -2.01. The Balaban J connectivity index is 3.36. The Labute approximate surface area is 142 Å². The highest BCUT2D eigenvalue weighted by atomic mass is 16.5. The van der Waals surface area contributed by atoms with Gasteiger partial charge in [-0.25, -0.2) is 0 Å². The average Bonchev–Trinajstić information content (AvgIpc) is 2.56. The van der Waals surface area contributed by atoms with Gasteiger partial charge < -0.3 is 9.84 Å². The minimum absolute atomic E-state index is 0.101. The van der Waals surface area contributed by atoms with E-state index in [0.29, 0.717) is 6.42 Å². The fraction of sp³-hybridized carbons (Fsp3) is 0.650. The van der Waals surface area contributed by atoms with E-state index in [4.69, 9.17) is 9.84 Å². The first-order chi connectivity index (χ1) is 11.3. The fourth-order valence-corrected chi connectivity index (χ4v) is 2.05. The van der Waals surface area contributed by atoms with Crippen LogP contribution in [0.4, 0.5) is 0 Å². The molecule has 0 spiro atoms. The number of hydrogen-bond acceptors (Lipinski definition) is 3. The van der Waals surface area contributed by atoms with Crippen LogP contribution in [0.2, 0.25) is 0 Å². The summed E-state index contributed by atoms with van der Waals surface area (Å²) in [6.07, 6.45) is 23.7. The lowest BCUT2D eigenvalue weighted by Crippen LogP contribution is -2.07. The molecule has 0 aromatic carbocycles. The molecule has 0 atom stereocenters. The molecule has 3 heteroatoms. The lowest BCUT2D eigenvalue weighted by atomic mass is 10.1. The van der Waals surface area contributed by atoms with Crippen molar-refractivity contribution in [1.82, 2.24) is 0 Å². The number of rotatable bonds is 15. The highest BCUT2D eigenvalue weighted by molar-refractivity contribution is 5.69. The summed E-state index contributed by atoms with van der Waals surface area (Å²) in [5.74, 6) is -0.214. The fourth-order valence-electron chi connectivity index (χ4n) is 2.05. The van der Waals surface area contributed by atoms with Gasteiger partial charge in [-0.1, -0.05) is 56.2 Å². The Morgan fingerprint density at radius 2 is 1.43 bits per heavy atom. The molecule has 0 aromatic rings. The normalized spacial score (nSPS) is 11.9. The summed E-state index contributed by atoms with van der Waals surface area (Å²) in [4.78, 5) is 11.2. The third kappa shape index (κ3) is 18.6. The van der Waals surface area contributed by atoms with Gasteiger partial charge in [0.1, 0.15) is 6.61 Å². The second-order valence-electron chi connectivity index (χ2n) is 5.57. The van der Waals surface area contributed by atoms with Crippen molar-refractivity contribution in [2.75, 3.05) is 13.2 Å². The third-order valence-corrected chi connectivity index (χ3v) is 3.37. The van der Waals surface area contributed by atoms with E-state index in [9.17, 15) is 4.79 Å². The van der Waals surface area contributed by atoms with E-state index in [1.165, 1.54) is 25.7 Å². The van der Waals surface area contributed by atoms with Gasteiger partial charge >= 0.3 is 5.97 Å². The number of hydrogen-bond donors (Lipinski definition) is 1. The molecule has 3 nitrogen and oxygen atoms in total. The van der Waals surface area contributed by atoms with Crippen LogP contribution in [-0.2, 0) is 9.53 Å². The predicted octanol–water partition coefficient (Wildman–Crippen LogP) is 5.11. The predicted molar refractivity (Wildman–Crippen MR) is 97.3 cm³/mol. The first kappa shape index (κ1) is 21.6. The van der Waals surface area contributed by atoms with E-state index < -0.39 is 0 Å². The second-order valence-corrected chi connectivity index (χ2v) is 5.57. The van der Waals surface area contributed by atoms with Gasteiger partial charge in [0.15, 0.2) is 0 Å². The highest BCUT2D eigenvalue weighted by Gasteiger charge is 2.00. The molecule has 0 fully saturated rings. The molecule has 0 aromatic heterocycles. The molecular weight excluding hydrogens is 288 g/mol. The molecule has 0 heterocycles. The van der Waals surface area contributed by atoms with E-state index in [2.05, 4.69) is 43.4 Å². The number of carbonyl (C=O) groups excluding carboxylic acids is 1. The number of ether oxygens (including phenoxy) is 1. The monoisotopic (exact) mass is 322 g/mol. The lowest BCUT2D eigenvalue weighted by molar-refractivity contribution is -0.144. The summed E-state index contributed by atoms with van der Waals surface area (Å²) in [5, 5.41) is 8.52. The van der Waals surface area contributed by atoms with Gasteiger partial charge in [-0.15, -0.1) is 0 Å². The molecule has 0 saturated carbocycles. The van der Waals surface area contributed by atoms with Gasteiger partial charge in [0.05, 0.1) is 6.61 Å². The van der Waals surface area contributed by atoms with Gasteiger partial charge in [-0.3, -0.25) is 4.79 Å². The maximum Gasteiger partial charge on any atom is 0.305 e. The first-order valence-electron chi connectivity index (χ1n) is 9.02. The quantitative estimate of drug-likeness (QED) is 0.259. The molecule has 0 bridgehead atoms. The summed E-state index contributed by atoms with van der Waals surface area (Å²) in [7, 11) is 0. The standard InChI is InChI=1S/C20H34O3/c1-2-3-4-5-6-7-8-9-10-11-12-13-14-15-16-17-20(22)23-19-18-21/h6-7,9-10,12-13,21H,2-5,8,11,14-19H2,1H3/b7-6-,10-9-,13-12-. The van der Waals surface area contributed by atoms with Crippen LogP contribution in [0.25, 0.3) is 0 Å². The van der Waals surface area contributed by atoms with Crippen molar-refractivity contribution in [1.29, 1.82) is 0 Å². The molecular formula is C20H34O3. The van der Waals surface area contributed by atoms with Crippen molar-refractivity contribution in [2.45, 2.75) is 71.1 Å². The zero-order valence-electron chi connectivity index (χ0n) is 14.7. The summed E-state index contributed by atoms with van der Waals surface area (Å²) in [5.41, 5.74) is 0. The van der Waals surface area contributed by atoms with Gasteiger partial charge in [0.25, 0.3) is 0 Å². The van der Waals surface area contributed by atoms with Crippen LogP contribution in [0.15, 0.2) is 36.5 Å². The molecule has 23 heavy (non-hydrogen) atoms. The summed E-state index contributed by atoms with van der Waals surface area (Å²) >= 11 is 0. The van der Waals surface area contributed by atoms with E-state index in [1.807, 2.05) is 0 Å². The number of allylic oxidation sites excluding steroid dienone is 6. The molecule has 0 unspecified atom stereocenters. The molecule has 0 aliphatic heterocycles. The van der Waals surface area contributed by atoms with Crippen molar-refractivity contribution in [3.05, 3.63) is 36.5 Å². The molecule has 0 radical (unpaired) electrons. The van der Waals surface area contributed by atoms with Crippen LogP contribution in [0.3, 0.4) is 0 Å². The summed E-state index contributed by atoms with van der Waals surface area (Å²) in [6.45, 7) is 2.24. The molecule has 0 amide bonds. The van der Waals surface area contributed by atoms with Gasteiger partial charge in [-0.2, -0.15) is 0 Å². The minimum atomic E-state index is -0.214. The summed E-state index contributed by atoms with van der Waals surface area (Å²) in [6, 6.07) is 0. The van der Waals surface area contributed by atoms with E-state index in [-0.39, 0.29) is 19.2 Å². The maximum absolute atomic E-state index is 11.2. The van der Waals surface area contributed by atoms with E-state index in [1.54, 1.807) is 0 Å². The van der Waals surface area contributed by atoms with E-state index in [0.717, 1.165) is 32.1 Å². The van der Waals surface area contributed by atoms with Crippen LogP contribution < -0.4 is 0 Å². The minimum Gasteiger partial charge on any atom is -0.463 e. The summed E-state index contributed by atoms with van der Waals surface area (Å²) < 4.78 is 4.79. The molecule has 132 valence electrons. The Hall–Kier alpha value is -1.35. The van der Waals surface area contributed by atoms with Crippen LogP contribution >= 0.6 is 0 Å². The van der Waals surface area contributed by atoms with Crippen molar-refractivity contribution in [2.24, 2.45) is 0 Å². The zero-order chi connectivity index (χ0) is 17.0. The number of esters is 1. The van der Waals surface area contributed by atoms with Crippen LogP contribution in [0.1, 0.15) is 71.1 Å². The zero-order valence-corrected chi connectivity index (χ0v) is 14.7. The second kappa shape index (κ2) is 18.7. The highest BCUT2D eigenvalue weighted by Crippen LogP contribution is 2.03. The topological polar surface area (TPSA) is 46.5 Å². The SMILES string of the molecule is CCCCC/C=C\C/C=C\C/C=C\CCCCC(=O)OCCO. The van der Waals surface area contributed by atoms with E-state index >= 15 is 0 Å². The van der Waals surface area contributed by atoms with Crippen LogP contribution in [-0.4, -0.2) is 24.3 Å². The Kier molecular flexibility index (Phi) is 17.6. The number of carbonyl (C=O) groups is 1. The van der Waals surface area contributed by atoms with Gasteiger partial charge in [0, 0.05) is 6.42 Å². The number of aliphatic hydroxyl groups excluding tert-OH is 1. The Bertz CT molecular complexity index is 343. The largest absolute Gasteiger partial charge is 0.463 e. The van der Waals surface area contributed by atoms with Crippen LogP contribution in [0.5, 0.6) is 0 Å².